The van der Waals surface area contributed by atoms with E-state index in [9.17, 15) is 9.59 Å². The molecule has 0 saturated carbocycles. The second-order valence-electron chi connectivity index (χ2n) is 4.84. The summed E-state index contributed by atoms with van der Waals surface area (Å²) in [7, 11) is 0. The van der Waals surface area contributed by atoms with E-state index in [1.807, 2.05) is 0 Å². The molecule has 2 aromatic rings. The van der Waals surface area contributed by atoms with Gasteiger partial charge < -0.3 is 4.74 Å². The lowest BCUT2D eigenvalue weighted by Crippen LogP contribution is -2.16. The first-order chi connectivity index (χ1) is 9.99. The van der Waals surface area contributed by atoms with Gasteiger partial charge in [-0.3, -0.25) is 4.79 Å². The Morgan fingerprint density at radius 2 is 1.52 bits per heavy atom. The minimum atomic E-state index is -0.497. The molecular formula is C17H15ClO3. The Morgan fingerprint density at radius 3 is 2.10 bits per heavy atom. The van der Waals surface area contributed by atoms with Gasteiger partial charge in [-0.05, 0) is 44.2 Å². The third-order valence-electron chi connectivity index (χ3n) is 2.84. The fraction of sp³-hybridized carbons (Fsp3) is 0.176. The van der Waals surface area contributed by atoms with E-state index in [0.29, 0.717) is 16.1 Å². The topological polar surface area (TPSA) is 43.4 Å². The van der Waals surface area contributed by atoms with E-state index in [0.717, 1.165) is 0 Å². The van der Waals surface area contributed by atoms with Crippen molar-refractivity contribution in [1.29, 1.82) is 0 Å². The maximum atomic E-state index is 12.5. The van der Waals surface area contributed by atoms with Gasteiger partial charge in [0.2, 0.25) is 0 Å². The van der Waals surface area contributed by atoms with E-state index >= 15 is 0 Å². The summed E-state index contributed by atoms with van der Waals surface area (Å²) in [6.45, 7) is 3.53. The number of benzene rings is 2. The Bertz CT molecular complexity index is 660. The fourth-order valence-corrected chi connectivity index (χ4v) is 2.02. The Balaban J connectivity index is 2.37. The summed E-state index contributed by atoms with van der Waals surface area (Å²) in [5.41, 5.74) is 1.07. The van der Waals surface area contributed by atoms with Crippen molar-refractivity contribution in [2.45, 2.75) is 20.0 Å². The molecule has 2 aromatic carbocycles. The highest BCUT2D eigenvalue weighted by Gasteiger charge is 2.19. The fourth-order valence-electron chi connectivity index (χ4n) is 1.89. The molecule has 21 heavy (non-hydrogen) atoms. The number of rotatable bonds is 4. The minimum Gasteiger partial charge on any atom is -0.459 e. The minimum absolute atomic E-state index is 0.233. The van der Waals surface area contributed by atoms with Crippen LogP contribution in [0.3, 0.4) is 0 Å². The molecule has 0 saturated heterocycles. The summed E-state index contributed by atoms with van der Waals surface area (Å²) in [5.74, 6) is -0.731. The highest BCUT2D eigenvalue weighted by Crippen LogP contribution is 2.18. The van der Waals surface area contributed by atoms with E-state index in [2.05, 4.69) is 0 Å². The number of carbonyl (C=O) groups is 2. The molecular weight excluding hydrogens is 288 g/mol. The van der Waals surface area contributed by atoms with Crippen LogP contribution in [0, 0.1) is 0 Å². The lowest BCUT2D eigenvalue weighted by atomic mass is 9.98. The van der Waals surface area contributed by atoms with Crippen molar-refractivity contribution < 1.29 is 14.3 Å². The highest BCUT2D eigenvalue weighted by atomic mass is 35.5. The molecule has 0 N–H and O–H groups in total. The molecule has 0 unspecified atom stereocenters. The Labute approximate surface area is 128 Å². The van der Waals surface area contributed by atoms with E-state index in [4.69, 9.17) is 16.3 Å². The molecule has 2 rings (SSSR count). The van der Waals surface area contributed by atoms with Gasteiger partial charge in [-0.15, -0.1) is 0 Å². The molecule has 0 aliphatic rings. The molecule has 4 heteroatoms. The van der Waals surface area contributed by atoms with Gasteiger partial charge in [0.1, 0.15) is 0 Å². The van der Waals surface area contributed by atoms with Gasteiger partial charge in [0.05, 0.1) is 11.7 Å². The first kappa shape index (κ1) is 15.3. The van der Waals surface area contributed by atoms with Gasteiger partial charge in [0.15, 0.2) is 5.78 Å². The summed E-state index contributed by atoms with van der Waals surface area (Å²) in [6, 6.07) is 13.2. The van der Waals surface area contributed by atoms with Crippen molar-refractivity contribution in [3.63, 3.8) is 0 Å². The molecule has 0 aliphatic heterocycles. The molecule has 0 bridgehead atoms. The number of ketones is 1. The quantitative estimate of drug-likeness (QED) is 0.630. The van der Waals surface area contributed by atoms with Gasteiger partial charge in [0.25, 0.3) is 0 Å². The zero-order valence-corrected chi connectivity index (χ0v) is 12.6. The largest absolute Gasteiger partial charge is 0.459 e. The third kappa shape index (κ3) is 3.70. The zero-order valence-electron chi connectivity index (χ0n) is 11.8. The Kier molecular flexibility index (Phi) is 4.76. The molecule has 108 valence electrons. The first-order valence-corrected chi connectivity index (χ1v) is 6.97. The van der Waals surface area contributed by atoms with Crippen molar-refractivity contribution in [3.05, 3.63) is 70.2 Å². The lowest BCUT2D eigenvalue weighted by molar-refractivity contribution is 0.0375. The standard InChI is InChI=1S/C17H15ClO3/c1-11(2)21-17(20)15-6-4-3-5-14(15)16(19)12-7-9-13(18)10-8-12/h3-11H,1-2H3. The smallest absolute Gasteiger partial charge is 0.339 e. The zero-order chi connectivity index (χ0) is 15.4. The SMILES string of the molecule is CC(C)OC(=O)c1ccccc1C(=O)c1ccc(Cl)cc1. The highest BCUT2D eigenvalue weighted by molar-refractivity contribution is 6.30. The second-order valence-corrected chi connectivity index (χ2v) is 5.27. The van der Waals surface area contributed by atoms with Crippen molar-refractivity contribution in [2.24, 2.45) is 0 Å². The summed E-state index contributed by atoms with van der Waals surface area (Å²) < 4.78 is 5.17. The van der Waals surface area contributed by atoms with Crippen LogP contribution >= 0.6 is 11.6 Å². The third-order valence-corrected chi connectivity index (χ3v) is 3.09. The lowest BCUT2D eigenvalue weighted by Gasteiger charge is -2.11. The molecule has 0 spiro atoms. The van der Waals surface area contributed by atoms with Crippen LogP contribution in [0.2, 0.25) is 5.02 Å². The summed E-state index contributed by atoms with van der Waals surface area (Å²) in [6.07, 6.45) is -0.240. The molecule has 0 atom stereocenters. The van der Waals surface area contributed by atoms with E-state index in [1.165, 1.54) is 0 Å². The number of esters is 1. The Morgan fingerprint density at radius 1 is 0.952 bits per heavy atom. The number of hydrogen-bond donors (Lipinski definition) is 0. The molecule has 0 heterocycles. The van der Waals surface area contributed by atoms with Crippen LogP contribution in [0.4, 0.5) is 0 Å². The van der Waals surface area contributed by atoms with E-state index in [-0.39, 0.29) is 17.5 Å². The predicted molar refractivity (Wildman–Crippen MR) is 81.9 cm³/mol. The average Bonchev–Trinajstić information content (AvgIpc) is 2.46. The van der Waals surface area contributed by atoms with Crippen LogP contribution in [0.25, 0.3) is 0 Å². The number of hydrogen-bond acceptors (Lipinski definition) is 3. The van der Waals surface area contributed by atoms with Crippen molar-refractivity contribution in [1.82, 2.24) is 0 Å². The normalized spacial score (nSPS) is 10.5. The van der Waals surface area contributed by atoms with Crippen LogP contribution in [0.5, 0.6) is 0 Å². The van der Waals surface area contributed by atoms with Gasteiger partial charge in [-0.25, -0.2) is 4.79 Å². The van der Waals surface area contributed by atoms with E-state index in [1.54, 1.807) is 62.4 Å². The summed E-state index contributed by atoms with van der Waals surface area (Å²) in [4.78, 5) is 24.6. The van der Waals surface area contributed by atoms with Crippen LogP contribution in [0.15, 0.2) is 48.5 Å². The molecule has 0 aromatic heterocycles. The second kappa shape index (κ2) is 6.55. The number of carbonyl (C=O) groups excluding carboxylic acids is 2. The molecule has 0 radical (unpaired) electrons. The van der Waals surface area contributed by atoms with Gasteiger partial charge in [0, 0.05) is 16.1 Å². The van der Waals surface area contributed by atoms with Gasteiger partial charge >= 0.3 is 5.97 Å². The molecule has 0 amide bonds. The van der Waals surface area contributed by atoms with Crippen LogP contribution in [-0.2, 0) is 4.74 Å². The van der Waals surface area contributed by atoms with Crippen LogP contribution in [0.1, 0.15) is 40.1 Å². The van der Waals surface area contributed by atoms with Gasteiger partial charge in [-0.2, -0.15) is 0 Å². The van der Waals surface area contributed by atoms with Crippen molar-refractivity contribution in [2.75, 3.05) is 0 Å². The summed E-state index contributed by atoms with van der Waals surface area (Å²) >= 11 is 5.82. The monoisotopic (exact) mass is 302 g/mol. The maximum Gasteiger partial charge on any atom is 0.339 e. The molecule has 0 fully saturated rings. The maximum absolute atomic E-state index is 12.5. The van der Waals surface area contributed by atoms with Crippen molar-refractivity contribution in [3.8, 4) is 0 Å². The van der Waals surface area contributed by atoms with Crippen LogP contribution in [-0.4, -0.2) is 17.9 Å². The van der Waals surface area contributed by atoms with Crippen molar-refractivity contribution >= 4 is 23.4 Å². The average molecular weight is 303 g/mol. The summed E-state index contributed by atoms with van der Waals surface area (Å²) in [5, 5.41) is 0.555. The molecule has 3 nitrogen and oxygen atoms in total. The number of halogens is 1. The van der Waals surface area contributed by atoms with Crippen LogP contribution < -0.4 is 0 Å². The predicted octanol–water partition coefficient (Wildman–Crippen LogP) is 4.14. The Hall–Kier alpha value is -2.13. The first-order valence-electron chi connectivity index (χ1n) is 6.59. The number of ether oxygens (including phenoxy) is 1. The van der Waals surface area contributed by atoms with E-state index < -0.39 is 5.97 Å². The van der Waals surface area contributed by atoms with Gasteiger partial charge in [-0.1, -0.05) is 29.8 Å². The molecule has 0 aliphatic carbocycles.